The van der Waals surface area contributed by atoms with Crippen LogP contribution in [-0.2, 0) is 14.3 Å². The molecule has 1 N–H and O–H groups in total. The van der Waals surface area contributed by atoms with Gasteiger partial charge in [-0.3, -0.25) is 0 Å². The Hall–Kier alpha value is -2.03. The molecule has 0 aromatic heterocycles. The summed E-state index contributed by atoms with van der Waals surface area (Å²) in [6, 6.07) is 29.7. The largest absolute Gasteiger partial charge is 0.380 e. The minimum Gasteiger partial charge on any atom is -0.380 e. The Bertz CT molecular complexity index is 694. The standard InChI is InChI=1S/C20H22O3Si2/c21-20(22-24,23-25)19(16-10-4-1-5-11-16,17-12-6-2-7-13-17)18-14-8-3-9-15-18/h1-15,21H,24-25H3. The molecule has 0 bridgehead atoms. The van der Waals surface area contributed by atoms with E-state index in [-0.39, 0.29) is 0 Å². The first-order chi connectivity index (χ1) is 12.2. The molecule has 0 aliphatic rings. The second-order valence-electron chi connectivity index (χ2n) is 5.84. The summed E-state index contributed by atoms with van der Waals surface area (Å²) in [7, 11) is 0.676. The molecule has 128 valence electrons. The monoisotopic (exact) mass is 366 g/mol. The van der Waals surface area contributed by atoms with Crippen LogP contribution in [0.25, 0.3) is 0 Å². The van der Waals surface area contributed by atoms with Crippen LogP contribution in [0.15, 0.2) is 91.0 Å². The van der Waals surface area contributed by atoms with E-state index < -0.39 is 11.4 Å². The summed E-state index contributed by atoms with van der Waals surface area (Å²) in [5.41, 5.74) is 1.77. The Morgan fingerprint density at radius 2 is 0.840 bits per heavy atom. The molecule has 0 aliphatic heterocycles. The van der Waals surface area contributed by atoms with Crippen molar-refractivity contribution in [2.45, 2.75) is 11.4 Å². The first-order valence-corrected chi connectivity index (χ1v) is 9.81. The highest BCUT2D eigenvalue weighted by molar-refractivity contribution is 6.00. The molecular weight excluding hydrogens is 344 g/mol. The molecule has 0 spiro atoms. The fraction of sp³-hybridized carbons (Fsp3) is 0.100. The van der Waals surface area contributed by atoms with Crippen LogP contribution >= 0.6 is 0 Å². The maximum atomic E-state index is 11.5. The van der Waals surface area contributed by atoms with Gasteiger partial charge in [-0.2, -0.15) is 0 Å². The Balaban J connectivity index is 2.45. The highest BCUT2D eigenvalue weighted by Gasteiger charge is 2.55. The topological polar surface area (TPSA) is 38.7 Å². The molecule has 3 aromatic carbocycles. The lowest BCUT2D eigenvalue weighted by Gasteiger charge is -2.46. The lowest BCUT2D eigenvalue weighted by Crippen LogP contribution is -2.56. The Morgan fingerprint density at radius 3 is 1.08 bits per heavy atom. The van der Waals surface area contributed by atoms with E-state index in [1.807, 2.05) is 91.0 Å². The summed E-state index contributed by atoms with van der Waals surface area (Å²) in [5, 5.41) is 11.5. The molecular formula is C20H22O3Si2. The number of hydrogen-bond donors (Lipinski definition) is 1. The van der Waals surface area contributed by atoms with E-state index >= 15 is 0 Å². The normalized spacial score (nSPS) is 14.3. The second-order valence-corrected chi connectivity index (χ2v) is 6.65. The summed E-state index contributed by atoms with van der Waals surface area (Å²) in [5.74, 6) is -1.77. The third kappa shape index (κ3) is 2.90. The van der Waals surface area contributed by atoms with E-state index in [1.54, 1.807) is 0 Å². The van der Waals surface area contributed by atoms with Crippen molar-refractivity contribution in [3.05, 3.63) is 108 Å². The van der Waals surface area contributed by atoms with E-state index in [0.717, 1.165) is 16.7 Å². The van der Waals surface area contributed by atoms with Crippen molar-refractivity contribution in [2.24, 2.45) is 0 Å². The Labute approximate surface area is 154 Å². The van der Waals surface area contributed by atoms with Gasteiger partial charge in [0.15, 0.2) is 21.0 Å². The fourth-order valence-electron chi connectivity index (χ4n) is 3.50. The van der Waals surface area contributed by atoms with Gasteiger partial charge in [-0.25, -0.2) is 0 Å². The molecule has 5 heteroatoms. The van der Waals surface area contributed by atoms with E-state index in [1.165, 1.54) is 0 Å². The van der Waals surface area contributed by atoms with Crippen LogP contribution in [0, 0.1) is 0 Å². The number of benzene rings is 3. The molecule has 0 heterocycles. The third-order valence-electron chi connectivity index (χ3n) is 4.65. The average molecular weight is 367 g/mol. The zero-order valence-electron chi connectivity index (χ0n) is 14.4. The smallest absolute Gasteiger partial charge is 0.278 e. The summed E-state index contributed by atoms with van der Waals surface area (Å²) < 4.78 is 11.4. The van der Waals surface area contributed by atoms with Crippen LogP contribution in [0.1, 0.15) is 16.7 Å². The number of rotatable bonds is 6. The molecule has 3 aromatic rings. The zero-order chi connectivity index (χ0) is 17.8. The van der Waals surface area contributed by atoms with E-state index in [4.69, 9.17) is 8.85 Å². The van der Waals surface area contributed by atoms with Crippen molar-refractivity contribution in [2.75, 3.05) is 0 Å². The quantitative estimate of drug-likeness (QED) is 0.406. The predicted octanol–water partition coefficient (Wildman–Crippen LogP) is 1.26. The first kappa shape index (κ1) is 17.8. The minimum absolute atomic E-state index is 0.338. The zero-order valence-corrected chi connectivity index (χ0v) is 18.4. The van der Waals surface area contributed by atoms with Crippen LogP contribution in [0.3, 0.4) is 0 Å². The highest BCUT2D eigenvalue weighted by Crippen LogP contribution is 2.47. The SMILES string of the molecule is OC(O[SiH3])(O[SiH3])C(c1ccccc1)(c1ccccc1)c1ccccc1. The second kappa shape index (κ2) is 7.47. The van der Waals surface area contributed by atoms with Gasteiger partial charge in [0.2, 0.25) is 0 Å². The molecule has 0 saturated heterocycles. The summed E-state index contributed by atoms with van der Waals surface area (Å²) in [6.07, 6.45) is 0. The average Bonchev–Trinajstić information content (AvgIpc) is 2.71. The van der Waals surface area contributed by atoms with E-state index in [0.29, 0.717) is 21.0 Å². The van der Waals surface area contributed by atoms with Gasteiger partial charge < -0.3 is 14.0 Å². The molecule has 0 unspecified atom stereocenters. The Morgan fingerprint density at radius 1 is 0.560 bits per heavy atom. The lowest BCUT2D eigenvalue weighted by atomic mass is 9.67. The molecule has 25 heavy (non-hydrogen) atoms. The molecule has 0 amide bonds. The van der Waals surface area contributed by atoms with Gasteiger partial charge in [-0.15, -0.1) is 0 Å². The van der Waals surface area contributed by atoms with Gasteiger partial charge in [0.1, 0.15) is 5.41 Å². The minimum atomic E-state index is -1.77. The van der Waals surface area contributed by atoms with E-state index in [2.05, 4.69) is 0 Å². The van der Waals surface area contributed by atoms with Gasteiger partial charge in [-0.1, -0.05) is 91.0 Å². The highest BCUT2D eigenvalue weighted by atomic mass is 28.2. The van der Waals surface area contributed by atoms with Crippen molar-refractivity contribution in [1.29, 1.82) is 0 Å². The van der Waals surface area contributed by atoms with Gasteiger partial charge in [0.05, 0.1) is 0 Å². The van der Waals surface area contributed by atoms with Crippen LogP contribution in [-0.4, -0.2) is 32.1 Å². The molecule has 0 atom stereocenters. The Kier molecular flexibility index (Phi) is 5.31. The summed E-state index contributed by atoms with van der Waals surface area (Å²) in [6.45, 7) is 0. The first-order valence-electron chi connectivity index (χ1n) is 8.18. The molecule has 0 fully saturated rings. The molecule has 3 rings (SSSR count). The van der Waals surface area contributed by atoms with Crippen LogP contribution in [0.2, 0.25) is 0 Å². The van der Waals surface area contributed by atoms with Gasteiger partial charge in [-0.05, 0) is 16.7 Å². The number of aliphatic hydroxyl groups is 1. The fourth-order valence-corrected chi connectivity index (χ4v) is 4.78. The van der Waals surface area contributed by atoms with Gasteiger partial charge in [0, 0.05) is 0 Å². The van der Waals surface area contributed by atoms with Crippen LogP contribution < -0.4 is 0 Å². The van der Waals surface area contributed by atoms with Crippen LogP contribution in [0.5, 0.6) is 0 Å². The van der Waals surface area contributed by atoms with Crippen molar-refractivity contribution >= 4 is 21.0 Å². The summed E-state index contributed by atoms with van der Waals surface area (Å²) >= 11 is 0. The van der Waals surface area contributed by atoms with E-state index in [9.17, 15) is 5.11 Å². The van der Waals surface area contributed by atoms with Crippen molar-refractivity contribution in [3.8, 4) is 0 Å². The van der Waals surface area contributed by atoms with Crippen molar-refractivity contribution in [1.82, 2.24) is 0 Å². The van der Waals surface area contributed by atoms with Crippen LogP contribution in [0.4, 0.5) is 0 Å². The molecule has 0 saturated carbocycles. The predicted molar refractivity (Wildman–Crippen MR) is 106 cm³/mol. The maximum absolute atomic E-state index is 11.5. The molecule has 3 nitrogen and oxygen atoms in total. The van der Waals surface area contributed by atoms with Crippen molar-refractivity contribution in [3.63, 3.8) is 0 Å². The molecule has 0 radical (unpaired) electrons. The lowest BCUT2D eigenvalue weighted by molar-refractivity contribution is -0.298. The number of hydrogen-bond acceptors (Lipinski definition) is 3. The third-order valence-corrected chi connectivity index (χ3v) is 5.75. The van der Waals surface area contributed by atoms with Gasteiger partial charge in [0.25, 0.3) is 5.97 Å². The molecule has 0 aliphatic carbocycles. The van der Waals surface area contributed by atoms with Gasteiger partial charge >= 0.3 is 0 Å². The van der Waals surface area contributed by atoms with Crippen molar-refractivity contribution < 1.29 is 14.0 Å². The summed E-state index contributed by atoms with van der Waals surface area (Å²) in [4.78, 5) is 0. The maximum Gasteiger partial charge on any atom is 0.278 e.